The van der Waals surface area contributed by atoms with Crippen molar-refractivity contribution in [1.29, 1.82) is 0 Å². The number of hydrogen-bond donors (Lipinski definition) is 0. The van der Waals surface area contributed by atoms with E-state index < -0.39 is 4.92 Å². The summed E-state index contributed by atoms with van der Waals surface area (Å²) in [6.07, 6.45) is 3.02. The van der Waals surface area contributed by atoms with Crippen LogP contribution in [0.3, 0.4) is 0 Å². The van der Waals surface area contributed by atoms with Gasteiger partial charge in [0.15, 0.2) is 0 Å². The number of nitro groups is 1. The second-order valence-electron chi connectivity index (χ2n) is 4.77. The maximum atomic E-state index is 11.8. The molecule has 0 saturated carbocycles. The number of cyclic esters (lactones) is 1. The summed E-state index contributed by atoms with van der Waals surface area (Å²) >= 11 is 0. The quantitative estimate of drug-likeness (QED) is 0.451. The summed E-state index contributed by atoms with van der Waals surface area (Å²) in [5.41, 5.74) is -0.0503. The Hall–Kier alpha value is -2.18. The lowest BCUT2D eigenvalue weighted by molar-refractivity contribution is -0.385. The van der Waals surface area contributed by atoms with Gasteiger partial charge in [-0.2, -0.15) is 0 Å². The van der Waals surface area contributed by atoms with Gasteiger partial charge in [-0.1, -0.05) is 0 Å². The van der Waals surface area contributed by atoms with Crippen molar-refractivity contribution in [3.63, 3.8) is 0 Å². The molecule has 2 aliphatic rings. The lowest BCUT2D eigenvalue weighted by Gasteiger charge is -2.30. The zero-order valence-corrected chi connectivity index (χ0v) is 10.2. The van der Waals surface area contributed by atoms with Crippen molar-refractivity contribution >= 4 is 17.5 Å². The second-order valence-corrected chi connectivity index (χ2v) is 4.77. The fourth-order valence-corrected chi connectivity index (χ4v) is 2.79. The third-order valence-electron chi connectivity index (χ3n) is 3.73. The van der Waals surface area contributed by atoms with Gasteiger partial charge in [-0.25, -0.2) is 9.78 Å². The van der Waals surface area contributed by atoms with Crippen LogP contribution in [0.1, 0.15) is 12.8 Å². The molecule has 0 N–H and O–H groups in total. The number of rotatable bonds is 2. The highest BCUT2D eigenvalue weighted by molar-refractivity contribution is 5.81. The van der Waals surface area contributed by atoms with Crippen LogP contribution >= 0.6 is 0 Å². The number of ether oxygens (including phenoxy) is 1. The first-order chi connectivity index (χ1) is 9.16. The van der Waals surface area contributed by atoms with E-state index in [0.717, 1.165) is 19.4 Å². The molecule has 0 bridgehead atoms. The molecular weight excluding hydrogens is 250 g/mol. The predicted molar refractivity (Wildman–Crippen MR) is 65.7 cm³/mol. The monoisotopic (exact) mass is 263 g/mol. The van der Waals surface area contributed by atoms with Crippen molar-refractivity contribution in [2.75, 3.05) is 18.1 Å². The largest absolute Gasteiger partial charge is 0.464 e. The van der Waals surface area contributed by atoms with Gasteiger partial charge in [-0.3, -0.25) is 10.1 Å². The highest BCUT2D eigenvalue weighted by atomic mass is 16.6. The Morgan fingerprint density at radius 3 is 2.95 bits per heavy atom. The first-order valence-corrected chi connectivity index (χ1v) is 6.20. The van der Waals surface area contributed by atoms with Gasteiger partial charge >= 0.3 is 5.97 Å². The van der Waals surface area contributed by atoms with E-state index in [2.05, 4.69) is 4.98 Å². The average Bonchev–Trinajstić information content (AvgIpc) is 2.84. The molecule has 2 atom stereocenters. The van der Waals surface area contributed by atoms with Crippen LogP contribution in [0.2, 0.25) is 0 Å². The predicted octanol–water partition coefficient (Wildman–Crippen LogP) is 1.13. The maximum absolute atomic E-state index is 11.8. The van der Waals surface area contributed by atoms with Gasteiger partial charge in [0.2, 0.25) is 0 Å². The molecule has 0 spiro atoms. The van der Waals surface area contributed by atoms with Crippen LogP contribution in [0.25, 0.3) is 0 Å². The van der Waals surface area contributed by atoms with Crippen molar-refractivity contribution in [3.8, 4) is 0 Å². The van der Waals surface area contributed by atoms with E-state index in [1.807, 2.05) is 4.90 Å². The molecule has 1 aromatic heterocycles. The molecule has 3 rings (SSSR count). The first kappa shape index (κ1) is 11.9. The number of carbonyl (C=O) groups is 1. The van der Waals surface area contributed by atoms with Crippen LogP contribution in [0.4, 0.5) is 11.5 Å². The molecule has 3 heterocycles. The van der Waals surface area contributed by atoms with Gasteiger partial charge < -0.3 is 9.64 Å². The summed E-state index contributed by atoms with van der Waals surface area (Å²) in [7, 11) is 0. The van der Waals surface area contributed by atoms with E-state index >= 15 is 0 Å². The van der Waals surface area contributed by atoms with Gasteiger partial charge in [-0.05, 0) is 24.8 Å². The minimum Gasteiger partial charge on any atom is -0.464 e. The molecule has 2 fully saturated rings. The third kappa shape index (κ3) is 2.00. The normalized spacial score (nSPS) is 25.9. The molecule has 100 valence electrons. The standard InChI is InChI=1S/C12H13N3O4/c16-12-11-8(4-6-19-12)3-5-14(11)10-2-1-9(7-13-10)15(17)18/h1-2,7-8,11H,3-6H2/t8-,11+/m1/s1. The van der Waals surface area contributed by atoms with Crippen molar-refractivity contribution < 1.29 is 14.5 Å². The Morgan fingerprint density at radius 1 is 1.42 bits per heavy atom. The number of fused-ring (bicyclic) bond motifs is 1. The Balaban J connectivity index is 1.85. The van der Waals surface area contributed by atoms with Crippen molar-refractivity contribution in [2.24, 2.45) is 5.92 Å². The zero-order chi connectivity index (χ0) is 13.4. The smallest absolute Gasteiger partial charge is 0.329 e. The highest BCUT2D eigenvalue weighted by Crippen LogP contribution is 2.34. The Morgan fingerprint density at radius 2 is 2.26 bits per heavy atom. The zero-order valence-electron chi connectivity index (χ0n) is 10.2. The van der Waals surface area contributed by atoms with E-state index in [9.17, 15) is 14.9 Å². The van der Waals surface area contributed by atoms with E-state index in [1.165, 1.54) is 12.3 Å². The number of hydrogen-bond acceptors (Lipinski definition) is 6. The molecule has 0 aromatic carbocycles. The Kier molecular flexibility index (Phi) is 2.81. The molecule has 2 saturated heterocycles. The Bertz CT molecular complexity index is 516. The number of esters is 1. The lowest BCUT2D eigenvalue weighted by Crippen LogP contribution is -2.44. The van der Waals surface area contributed by atoms with Crippen molar-refractivity contribution in [1.82, 2.24) is 4.98 Å². The summed E-state index contributed by atoms with van der Waals surface area (Å²) in [6, 6.07) is 2.70. The minimum absolute atomic E-state index is 0.0503. The topological polar surface area (TPSA) is 85.6 Å². The summed E-state index contributed by atoms with van der Waals surface area (Å²) in [5.74, 6) is 0.684. The van der Waals surface area contributed by atoms with Crippen molar-refractivity contribution in [2.45, 2.75) is 18.9 Å². The summed E-state index contributed by atoms with van der Waals surface area (Å²) in [5, 5.41) is 10.6. The molecule has 0 amide bonds. The highest BCUT2D eigenvalue weighted by Gasteiger charge is 2.43. The van der Waals surface area contributed by atoms with E-state index in [-0.39, 0.29) is 17.7 Å². The minimum atomic E-state index is -0.488. The van der Waals surface area contributed by atoms with Gasteiger partial charge in [0.1, 0.15) is 18.1 Å². The maximum Gasteiger partial charge on any atom is 0.329 e. The molecule has 0 radical (unpaired) electrons. The van der Waals surface area contributed by atoms with Crippen LogP contribution in [0, 0.1) is 16.0 Å². The SMILES string of the molecule is O=C1OCC[C@H]2CCN(c3ccc([N+](=O)[O-])cn3)[C@H]12. The molecule has 0 unspecified atom stereocenters. The average molecular weight is 263 g/mol. The lowest BCUT2D eigenvalue weighted by atomic mass is 9.95. The third-order valence-corrected chi connectivity index (χ3v) is 3.73. The number of anilines is 1. The first-order valence-electron chi connectivity index (χ1n) is 6.20. The Labute approximate surface area is 109 Å². The van der Waals surface area contributed by atoms with Gasteiger partial charge in [0.05, 0.1) is 11.5 Å². The van der Waals surface area contributed by atoms with Gasteiger partial charge in [-0.15, -0.1) is 0 Å². The molecular formula is C12H13N3O4. The summed E-state index contributed by atoms with van der Waals surface area (Å²) < 4.78 is 5.09. The van der Waals surface area contributed by atoms with Crippen LogP contribution in [0.15, 0.2) is 18.3 Å². The fraction of sp³-hybridized carbons (Fsp3) is 0.500. The molecule has 19 heavy (non-hydrogen) atoms. The fourth-order valence-electron chi connectivity index (χ4n) is 2.79. The number of aromatic nitrogens is 1. The molecule has 7 nitrogen and oxygen atoms in total. The summed E-state index contributed by atoms with van der Waals surface area (Å²) in [4.78, 5) is 27.9. The second kappa shape index (κ2) is 4.49. The van der Waals surface area contributed by atoms with E-state index in [0.29, 0.717) is 18.3 Å². The molecule has 1 aromatic rings. The molecule has 7 heteroatoms. The number of nitrogens with zero attached hydrogens (tertiary/aromatic N) is 3. The van der Waals surface area contributed by atoms with E-state index in [1.54, 1.807) is 6.07 Å². The summed E-state index contributed by atoms with van der Waals surface area (Å²) in [6.45, 7) is 1.22. The number of carbonyl (C=O) groups excluding carboxylic acids is 1. The van der Waals surface area contributed by atoms with E-state index in [4.69, 9.17) is 4.74 Å². The van der Waals surface area contributed by atoms with Crippen LogP contribution in [-0.2, 0) is 9.53 Å². The molecule has 2 aliphatic heterocycles. The van der Waals surface area contributed by atoms with Gasteiger partial charge in [0.25, 0.3) is 5.69 Å². The van der Waals surface area contributed by atoms with Crippen molar-refractivity contribution in [3.05, 3.63) is 28.4 Å². The van der Waals surface area contributed by atoms with Gasteiger partial charge in [0, 0.05) is 12.6 Å². The van der Waals surface area contributed by atoms with Crippen LogP contribution in [-0.4, -0.2) is 35.1 Å². The molecule has 0 aliphatic carbocycles. The van der Waals surface area contributed by atoms with Crippen LogP contribution < -0.4 is 4.90 Å². The number of pyridine rings is 1. The van der Waals surface area contributed by atoms with Crippen LogP contribution in [0.5, 0.6) is 0 Å².